The Morgan fingerprint density at radius 1 is 1.03 bits per heavy atom. The normalized spacial score (nSPS) is 12.0. The molecule has 0 heterocycles. The Morgan fingerprint density at radius 3 is 2.10 bits per heavy atom. The van der Waals surface area contributed by atoms with E-state index in [0.717, 1.165) is 11.0 Å². The molecule has 10 heteroatoms. The highest BCUT2D eigenvalue weighted by Gasteiger charge is 2.15. The van der Waals surface area contributed by atoms with Crippen LogP contribution in [0.3, 0.4) is 0 Å². The maximum atomic E-state index is 12.3. The van der Waals surface area contributed by atoms with Crippen molar-refractivity contribution in [2.45, 2.75) is 24.0 Å². The number of nitro groups is 1. The quantitative estimate of drug-likeness (QED) is 0.252. The lowest BCUT2D eigenvalue weighted by atomic mass is 10.2. The summed E-state index contributed by atoms with van der Waals surface area (Å²) in [6, 6.07) is 12.3. The number of thioether (sulfide) groups is 1. The van der Waals surface area contributed by atoms with E-state index >= 15 is 0 Å². The zero-order chi connectivity index (χ0) is 22.3. The molecule has 2 rings (SSSR count). The number of amides is 2. The van der Waals surface area contributed by atoms with Gasteiger partial charge in [-0.1, -0.05) is 0 Å². The SMILES string of the molecule is C/C(=C\C(=O)Nc1ccc(S[C@@H](C)C(=O)Nc2ccc([N+](=O)[O-])cc2)cc1)C(=O)O. The molecular weight excluding hydrogens is 410 g/mol. The Hall–Kier alpha value is -3.66. The van der Waals surface area contributed by atoms with E-state index in [1.807, 2.05) is 0 Å². The number of hydrogen-bond donors (Lipinski definition) is 3. The van der Waals surface area contributed by atoms with Crippen molar-refractivity contribution in [1.82, 2.24) is 0 Å². The number of hydrogen-bond acceptors (Lipinski definition) is 6. The summed E-state index contributed by atoms with van der Waals surface area (Å²) in [6.07, 6.45) is 0.996. The molecule has 0 spiro atoms. The van der Waals surface area contributed by atoms with Gasteiger partial charge in [-0.15, -0.1) is 11.8 Å². The van der Waals surface area contributed by atoms with Crippen molar-refractivity contribution in [1.29, 1.82) is 0 Å². The number of carbonyl (C=O) groups is 3. The molecular formula is C20H19N3O6S. The number of anilines is 2. The average molecular weight is 429 g/mol. The first-order valence-electron chi connectivity index (χ1n) is 8.70. The number of non-ortho nitro benzene ring substituents is 1. The van der Waals surface area contributed by atoms with Gasteiger partial charge in [0, 0.05) is 40.1 Å². The summed E-state index contributed by atoms with van der Waals surface area (Å²) >= 11 is 1.30. The molecule has 0 radical (unpaired) electrons. The minimum absolute atomic E-state index is 0.0591. The highest BCUT2D eigenvalue weighted by atomic mass is 32.2. The monoisotopic (exact) mass is 429 g/mol. The van der Waals surface area contributed by atoms with E-state index in [4.69, 9.17) is 5.11 Å². The molecule has 2 amide bonds. The summed E-state index contributed by atoms with van der Waals surface area (Å²) < 4.78 is 0. The van der Waals surface area contributed by atoms with Gasteiger partial charge >= 0.3 is 5.97 Å². The first-order chi connectivity index (χ1) is 14.2. The van der Waals surface area contributed by atoms with Gasteiger partial charge in [-0.3, -0.25) is 19.7 Å². The molecule has 0 bridgehead atoms. The van der Waals surface area contributed by atoms with Crippen molar-refractivity contribution >= 4 is 46.6 Å². The number of benzene rings is 2. The third-order valence-electron chi connectivity index (χ3n) is 3.83. The molecule has 2 aromatic carbocycles. The van der Waals surface area contributed by atoms with E-state index in [2.05, 4.69) is 10.6 Å². The van der Waals surface area contributed by atoms with Crippen LogP contribution in [0.2, 0.25) is 0 Å². The predicted octanol–water partition coefficient (Wildman–Crippen LogP) is 3.68. The topological polar surface area (TPSA) is 139 Å². The Kier molecular flexibility index (Phi) is 7.70. The zero-order valence-corrected chi connectivity index (χ0v) is 16.9. The molecule has 0 aliphatic carbocycles. The third kappa shape index (κ3) is 6.74. The predicted molar refractivity (Wildman–Crippen MR) is 114 cm³/mol. The van der Waals surface area contributed by atoms with Crippen LogP contribution in [0.5, 0.6) is 0 Å². The molecule has 30 heavy (non-hydrogen) atoms. The number of carbonyl (C=O) groups excluding carboxylic acids is 2. The number of aliphatic carboxylic acids is 1. The van der Waals surface area contributed by atoms with E-state index in [1.54, 1.807) is 31.2 Å². The zero-order valence-electron chi connectivity index (χ0n) is 16.1. The van der Waals surface area contributed by atoms with E-state index < -0.39 is 22.0 Å². The molecule has 0 aliphatic rings. The van der Waals surface area contributed by atoms with Crippen molar-refractivity contribution in [2.75, 3.05) is 10.6 Å². The Labute approximate surface area is 176 Å². The first kappa shape index (κ1) is 22.6. The molecule has 2 aromatic rings. The van der Waals surface area contributed by atoms with Gasteiger partial charge in [0.1, 0.15) is 0 Å². The highest BCUT2D eigenvalue weighted by molar-refractivity contribution is 8.00. The lowest BCUT2D eigenvalue weighted by Gasteiger charge is -2.12. The molecule has 0 saturated heterocycles. The van der Waals surface area contributed by atoms with E-state index in [-0.39, 0.29) is 17.2 Å². The summed E-state index contributed by atoms with van der Waals surface area (Å²) in [6.45, 7) is 3.05. The summed E-state index contributed by atoms with van der Waals surface area (Å²) in [5, 5.41) is 24.3. The average Bonchev–Trinajstić information content (AvgIpc) is 2.69. The van der Waals surface area contributed by atoms with Crippen LogP contribution < -0.4 is 10.6 Å². The van der Waals surface area contributed by atoms with Gasteiger partial charge in [0.15, 0.2) is 0 Å². The molecule has 0 unspecified atom stereocenters. The minimum atomic E-state index is -1.17. The molecule has 3 N–H and O–H groups in total. The smallest absolute Gasteiger partial charge is 0.331 e. The number of nitrogens with one attached hydrogen (secondary N) is 2. The van der Waals surface area contributed by atoms with Gasteiger partial charge in [-0.2, -0.15) is 0 Å². The molecule has 0 saturated carbocycles. The number of rotatable bonds is 8. The number of carboxylic acid groups (broad SMARTS) is 1. The number of carboxylic acids is 1. The summed E-state index contributed by atoms with van der Waals surface area (Å²) in [4.78, 5) is 45.8. The van der Waals surface area contributed by atoms with Gasteiger partial charge < -0.3 is 15.7 Å². The Bertz CT molecular complexity index is 987. The Morgan fingerprint density at radius 2 is 1.57 bits per heavy atom. The van der Waals surface area contributed by atoms with Crippen LogP contribution in [0.1, 0.15) is 13.8 Å². The second-order valence-electron chi connectivity index (χ2n) is 6.20. The molecule has 0 aromatic heterocycles. The molecule has 0 fully saturated rings. The van der Waals surface area contributed by atoms with Gasteiger partial charge in [-0.05, 0) is 50.2 Å². The van der Waals surface area contributed by atoms with Crippen LogP contribution in [-0.4, -0.2) is 33.1 Å². The fourth-order valence-electron chi connectivity index (χ4n) is 2.22. The molecule has 0 aliphatic heterocycles. The standard InChI is InChI=1S/C20H19N3O6S/c1-12(20(26)27)11-18(24)21-14-5-9-17(10-6-14)30-13(2)19(25)22-15-3-7-16(8-4-15)23(28)29/h3-11,13H,1-2H3,(H,21,24)(H,22,25)(H,26,27)/b12-11+/t13-/m0/s1. The largest absolute Gasteiger partial charge is 0.478 e. The second kappa shape index (κ2) is 10.2. The highest BCUT2D eigenvalue weighted by Crippen LogP contribution is 2.26. The van der Waals surface area contributed by atoms with Crippen LogP contribution in [-0.2, 0) is 14.4 Å². The molecule has 1 atom stereocenters. The summed E-state index contributed by atoms with van der Waals surface area (Å²) in [5.74, 6) is -1.98. The van der Waals surface area contributed by atoms with Gasteiger partial charge in [0.25, 0.3) is 5.69 Å². The van der Waals surface area contributed by atoms with E-state index in [1.165, 1.54) is 43.0 Å². The van der Waals surface area contributed by atoms with Crippen molar-refractivity contribution in [3.8, 4) is 0 Å². The maximum Gasteiger partial charge on any atom is 0.331 e. The lowest BCUT2D eigenvalue weighted by Crippen LogP contribution is -2.22. The van der Waals surface area contributed by atoms with Crippen LogP contribution in [0.4, 0.5) is 17.1 Å². The molecule has 9 nitrogen and oxygen atoms in total. The van der Waals surface area contributed by atoms with E-state index in [0.29, 0.717) is 11.4 Å². The van der Waals surface area contributed by atoms with E-state index in [9.17, 15) is 24.5 Å². The maximum absolute atomic E-state index is 12.3. The van der Waals surface area contributed by atoms with Gasteiger partial charge in [0.05, 0.1) is 10.2 Å². The summed E-state index contributed by atoms with van der Waals surface area (Å²) in [7, 11) is 0. The third-order valence-corrected chi connectivity index (χ3v) is 4.95. The van der Waals surface area contributed by atoms with Crippen molar-refractivity contribution in [2.24, 2.45) is 0 Å². The molecule has 156 valence electrons. The van der Waals surface area contributed by atoms with Crippen LogP contribution >= 0.6 is 11.8 Å². The fourth-order valence-corrected chi connectivity index (χ4v) is 3.09. The number of nitro benzene ring substituents is 1. The number of nitrogens with zero attached hydrogens (tertiary/aromatic N) is 1. The van der Waals surface area contributed by atoms with Crippen molar-refractivity contribution in [3.05, 3.63) is 70.3 Å². The van der Waals surface area contributed by atoms with Crippen LogP contribution in [0, 0.1) is 10.1 Å². The second-order valence-corrected chi connectivity index (χ2v) is 7.61. The minimum Gasteiger partial charge on any atom is -0.478 e. The van der Waals surface area contributed by atoms with Crippen molar-refractivity contribution in [3.63, 3.8) is 0 Å². The summed E-state index contributed by atoms with van der Waals surface area (Å²) in [5.41, 5.74) is 0.811. The lowest BCUT2D eigenvalue weighted by molar-refractivity contribution is -0.384. The van der Waals surface area contributed by atoms with Crippen LogP contribution in [0.15, 0.2) is 65.1 Å². The Balaban J connectivity index is 1.91. The van der Waals surface area contributed by atoms with Gasteiger partial charge in [-0.25, -0.2) is 4.79 Å². The van der Waals surface area contributed by atoms with Gasteiger partial charge in [0.2, 0.25) is 11.8 Å². The first-order valence-corrected chi connectivity index (χ1v) is 9.58. The van der Waals surface area contributed by atoms with Crippen LogP contribution in [0.25, 0.3) is 0 Å². The van der Waals surface area contributed by atoms with Crippen molar-refractivity contribution < 1.29 is 24.4 Å². The fraction of sp³-hybridized carbons (Fsp3) is 0.150.